The van der Waals surface area contributed by atoms with E-state index in [4.69, 9.17) is 17.3 Å². The van der Waals surface area contributed by atoms with Gasteiger partial charge in [-0.05, 0) is 47.3 Å². The third kappa shape index (κ3) is 3.96. The quantitative estimate of drug-likeness (QED) is 0.321. The summed E-state index contributed by atoms with van der Waals surface area (Å²) in [6.07, 6.45) is 1.49. The number of nitrogens with zero attached hydrogens (tertiary/aromatic N) is 1. The highest BCUT2D eigenvalue weighted by molar-refractivity contribution is 7.80. The Hall–Kier alpha value is -3.45. The second-order valence-electron chi connectivity index (χ2n) is 5.43. The Morgan fingerprint density at radius 3 is 2.69 bits per heavy atom. The molecule has 0 aliphatic heterocycles. The number of benzene rings is 3. The minimum Gasteiger partial charge on any atom is -0.507 e. The number of anilines is 1. The Labute approximate surface area is 154 Å². The van der Waals surface area contributed by atoms with Crippen molar-refractivity contribution in [2.45, 2.75) is 0 Å². The highest BCUT2D eigenvalue weighted by atomic mass is 32.1. The number of nitrogens with one attached hydrogen (secondary N) is 2. The number of carboxylic acid groups (broad SMARTS) is 1. The van der Waals surface area contributed by atoms with Crippen molar-refractivity contribution in [1.29, 1.82) is 0 Å². The maximum Gasteiger partial charge on any atom is 0.335 e. The van der Waals surface area contributed by atoms with Crippen LogP contribution in [0, 0.1) is 0 Å². The van der Waals surface area contributed by atoms with Crippen molar-refractivity contribution in [3.8, 4) is 5.75 Å². The zero-order valence-corrected chi connectivity index (χ0v) is 14.3. The van der Waals surface area contributed by atoms with Crippen LogP contribution in [0.1, 0.15) is 15.9 Å². The van der Waals surface area contributed by atoms with Gasteiger partial charge in [-0.15, -0.1) is 0 Å². The largest absolute Gasteiger partial charge is 0.507 e. The molecular formula is C19H15N3O3S. The number of carbonyl (C=O) groups is 1. The van der Waals surface area contributed by atoms with Crippen LogP contribution >= 0.6 is 12.2 Å². The van der Waals surface area contributed by atoms with Crippen molar-refractivity contribution in [1.82, 2.24) is 5.43 Å². The number of hydrogen-bond donors (Lipinski definition) is 4. The highest BCUT2D eigenvalue weighted by Gasteiger charge is 2.05. The van der Waals surface area contributed by atoms with Crippen LogP contribution in [0.15, 0.2) is 65.8 Å². The number of carboxylic acids is 1. The van der Waals surface area contributed by atoms with E-state index in [1.165, 1.54) is 18.3 Å². The van der Waals surface area contributed by atoms with Gasteiger partial charge in [-0.2, -0.15) is 5.10 Å². The van der Waals surface area contributed by atoms with Gasteiger partial charge in [-0.3, -0.25) is 5.43 Å². The van der Waals surface area contributed by atoms with Gasteiger partial charge in [0, 0.05) is 11.3 Å². The molecule has 0 bridgehead atoms. The summed E-state index contributed by atoms with van der Waals surface area (Å²) in [7, 11) is 0. The number of phenolic OH excluding ortho intramolecular Hbond substituents is 1. The van der Waals surface area contributed by atoms with Gasteiger partial charge < -0.3 is 15.5 Å². The molecule has 3 aromatic rings. The molecule has 0 heterocycles. The Kier molecular flexibility index (Phi) is 5.09. The maximum atomic E-state index is 11.0. The fraction of sp³-hybridized carbons (Fsp3) is 0. The standard InChI is InChI=1S/C19H15N3O3S/c23-17-9-8-12-4-1-2-7-15(12)16(17)11-20-22-19(26)21-14-6-3-5-13(10-14)18(24)25/h1-11,23H,(H,24,25)(H2,21,22,26). The van der Waals surface area contributed by atoms with Crippen LogP contribution in [-0.4, -0.2) is 27.5 Å². The molecule has 7 heteroatoms. The first-order valence-electron chi connectivity index (χ1n) is 7.69. The Morgan fingerprint density at radius 2 is 1.88 bits per heavy atom. The zero-order valence-electron chi connectivity index (χ0n) is 13.5. The third-order valence-corrected chi connectivity index (χ3v) is 3.87. The lowest BCUT2D eigenvalue weighted by atomic mass is 10.0. The number of aromatic hydroxyl groups is 1. The minimum atomic E-state index is -1.02. The first kappa shape index (κ1) is 17.4. The van der Waals surface area contributed by atoms with E-state index >= 15 is 0 Å². The summed E-state index contributed by atoms with van der Waals surface area (Å²) in [5, 5.41) is 28.0. The van der Waals surface area contributed by atoms with Gasteiger partial charge in [0.15, 0.2) is 5.11 Å². The average molecular weight is 365 g/mol. The van der Waals surface area contributed by atoms with Crippen LogP contribution in [0.3, 0.4) is 0 Å². The molecule has 0 aliphatic carbocycles. The van der Waals surface area contributed by atoms with Crippen molar-refractivity contribution >= 4 is 46.0 Å². The van der Waals surface area contributed by atoms with Gasteiger partial charge in [0.25, 0.3) is 0 Å². The van der Waals surface area contributed by atoms with Crippen molar-refractivity contribution in [3.63, 3.8) is 0 Å². The number of phenols is 1. The lowest BCUT2D eigenvalue weighted by Gasteiger charge is -2.08. The Morgan fingerprint density at radius 1 is 1.08 bits per heavy atom. The molecule has 3 rings (SSSR count). The molecule has 130 valence electrons. The van der Waals surface area contributed by atoms with Crippen LogP contribution in [-0.2, 0) is 0 Å². The van der Waals surface area contributed by atoms with Crippen LogP contribution in [0.4, 0.5) is 5.69 Å². The smallest absolute Gasteiger partial charge is 0.335 e. The normalized spacial score (nSPS) is 10.8. The molecule has 0 aliphatic rings. The van der Waals surface area contributed by atoms with Gasteiger partial charge >= 0.3 is 5.97 Å². The molecule has 0 radical (unpaired) electrons. The number of fused-ring (bicyclic) bond motifs is 1. The van der Waals surface area contributed by atoms with Gasteiger partial charge in [-0.25, -0.2) is 4.79 Å². The van der Waals surface area contributed by atoms with E-state index in [2.05, 4.69) is 15.8 Å². The number of aromatic carboxylic acids is 1. The predicted octanol–water partition coefficient (Wildman–Crippen LogP) is 3.56. The lowest BCUT2D eigenvalue weighted by Crippen LogP contribution is -2.24. The monoisotopic (exact) mass is 365 g/mol. The van der Waals surface area contributed by atoms with Crippen LogP contribution < -0.4 is 10.7 Å². The molecule has 26 heavy (non-hydrogen) atoms. The molecule has 0 fully saturated rings. The van der Waals surface area contributed by atoms with E-state index in [9.17, 15) is 9.90 Å². The number of thiocarbonyl (C=S) groups is 1. The number of rotatable bonds is 4. The minimum absolute atomic E-state index is 0.113. The first-order chi connectivity index (χ1) is 12.5. The predicted molar refractivity (Wildman–Crippen MR) is 106 cm³/mol. The van der Waals surface area contributed by atoms with Crippen molar-refractivity contribution in [2.75, 3.05) is 5.32 Å². The fourth-order valence-electron chi connectivity index (χ4n) is 2.46. The third-order valence-electron chi connectivity index (χ3n) is 3.67. The van der Waals surface area contributed by atoms with Crippen molar-refractivity contribution in [2.24, 2.45) is 5.10 Å². The highest BCUT2D eigenvalue weighted by Crippen LogP contribution is 2.25. The molecule has 0 spiro atoms. The Bertz CT molecular complexity index is 1020. The molecule has 0 saturated heterocycles. The van der Waals surface area contributed by atoms with E-state index in [0.717, 1.165) is 10.8 Å². The molecule has 0 aromatic heterocycles. The fourth-order valence-corrected chi connectivity index (χ4v) is 2.63. The summed E-state index contributed by atoms with van der Waals surface area (Å²) >= 11 is 5.14. The van der Waals surface area contributed by atoms with E-state index in [1.807, 2.05) is 30.3 Å². The number of hydrazone groups is 1. The number of hydrogen-bond acceptors (Lipinski definition) is 4. The van der Waals surface area contributed by atoms with Gasteiger partial charge in [-0.1, -0.05) is 36.4 Å². The van der Waals surface area contributed by atoms with Crippen molar-refractivity contribution in [3.05, 3.63) is 71.8 Å². The molecule has 6 nitrogen and oxygen atoms in total. The second kappa shape index (κ2) is 7.62. The molecule has 0 atom stereocenters. The van der Waals surface area contributed by atoms with Gasteiger partial charge in [0.2, 0.25) is 0 Å². The van der Waals surface area contributed by atoms with E-state index < -0.39 is 5.97 Å². The summed E-state index contributed by atoms with van der Waals surface area (Å²) in [6.45, 7) is 0. The van der Waals surface area contributed by atoms with Gasteiger partial charge in [0.05, 0.1) is 11.8 Å². The van der Waals surface area contributed by atoms with Crippen LogP contribution in [0.2, 0.25) is 0 Å². The van der Waals surface area contributed by atoms with Crippen molar-refractivity contribution < 1.29 is 15.0 Å². The average Bonchev–Trinajstić information content (AvgIpc) is 2.63. The maximum absolute atomic E-state index is 11.0. The second-order valence-corrected chi connectivity index (χ2v) is 5.84. The Balaban J connectivity index is 1.71. The SMILES string of the molecule is O=C(O)c1cccc(NC(=S)NN=Cc2c(O)ccc3ccccc23)c1. The molecular weight excluding hydrogens is 350 g/mol. The molecule has 0 amide bonds. The van der Waals surface area contributed by atoms with Crippen LogP contribution in [0.5, 0.6) is 5.75 Å². The molecule has 0 unspecified atom stereocenters. The van der Waals surface area contributed by atoms with Crippen LogP contribution in [0.25, 0.3) is 10.8 Å². The summed E-state index contributed by atoms with van der Waals surface area (Å²) in [5.41, 5.74) is 3.91. The van der Waals surface area contributed by atoms with E-state index in [-0.39, 0.29) is 16.4 Å². The first-order valence-corrected chi connectivity index (χ1v) is 8.09. The lowest BCUT2D eigenvalue weighted by molar-refractivity contribution is 0.0697. The summed E-state index contributed by atoms with van der Waals surface area (Å²) in [5.74, 6) is -0.903. The molecule has 4 N–H and O–H groups in total. The summed E-state index contributed by atoms with van der Waals surface area (Å²) in [6, 6.07) is 17.4. The molecule has 3 aromatic carbocycles. The van der Waals surface area contributed by atoms with Gasteiger partial charge in [0.1, 0.15) is 5.75 Å². The summed E-state index contributed by atoms with van der Waals surface area (Å²) < 4.78 is 0. The topological polar surface area (TPSA) is 94.0 Å². The van der Waals surface area contributed by atoms with E-state index in [0.29, 0.717) is 11.3 Å². The van der Waals surface area contributed by atoms with E-state index in [1.54, 1.807) is 18.2 Å². The summed E-state index contributed by atoms with van der Waals surface area (Å²) in [4.78, 5) is 11.0. The molecule has 0 saturated carbocycles. The zero-order chi connectivity index (χ0) is 18.5.